The van der Waals surface area contributed by atoms with Crippen LogP contribution in [0.25, 0.3) is 0 Å². The van der Waals surface area contributed by atoms with Crippen LogP contribution in [0.5, 0.6) is 0 Å². The van der Waals surface area contributed by atoms with E-state index in [4.69, 9.17) is 5.11 Å². The fraction of sp³-hybridized carbons (Fsp3) is 0.800. The number of carboxylic acid groups (broad SMARTS) is 2. The third kappa shape index (κ3) is 3.74. The third-order valence-electron chi connectivity index (χ3n) is 12.0. The Kier molecular flexibility index (Phi) is 6.61. The van der Waals surface area contributed by atoms with Gasteiger partial charge in [-0.1, -0.05) is 39.0 Å². The summed E-state index contributed by atoms with van der Waals surface area (Å²) in [5, 5.41) is 30.1. The summed E-state index contributed by atoms with van der Waals surface area (Å²) in [5.74, 6) is -0.0541. The molecular formula is C30H46O5. The SMILES string of the molecule is C=C(C)[C@@H]1[C@H](O)C[C@@H]2[C@]3(CC[C@]4(C)[C@@H]([C@H](C)CCC=C(C)C(=O)O)CC[C@@]24C)C[C@]13CCC(=O)O. The standard InChI is InChI=1S/C30H46O5/c1-18(2)25-22(31)16-23-28(6)12-10-21(19(3)8-7-9-20(4)26(34)35)27(28,5)14-15-29(23)17-30(25,29)13-11-24(32)33/h9,19,21-23,25,31H,1,7-8,10-17H2,2-6H3,(H,32,33)(H,34,35)/t19-,21-,22-,23+,25-,27-,28+,29+,30-/m1/s1. The van der Waals surface area contributed by atoms with Gasteiger partial charge in [0.05, 0.1) is 6.10 Å². The lowest BCUT2D eigenvalue weighted by atomic mass is 9.43. The molecule has 1 spiro atoms. The van der Waals surface area contributed by atoms with Gasteiger partial charge in [-0.15, -0.1) is 0 Å². The van der Waals surface area contributed by atoms with E-state index in [1.165, 1.54) is 6.42 Å². The lowest BCUT2D eigenvalue weighted by molar-refractivity contribution is -0.150. The molecule has 0 aromatic carbocycles. The minimum atomic E-state index is -0.838. The largest absolute Gasteiger partial charge is 0.481 e. The van der Waals surface area contributed by atoms with Crippen molar-refractivity contribution in [2.24, 2.45) is 45.3 Å². The van der Waals surface area contributed by atoms with Crippen LogP contribution >= 0.6 is 0 Å². The maximum atomic E-state index is 11.6. The van der Waals surface area contributed by atoms with E-state index in [2.05, 4.69) is 27.4 Å². The molecule has 0 radical (unpaired) electrons. The number of hydrogen-bond acceptors (Lipinski definition) is 3. The predicted molar refractivity (Wildman–Crippen MR) is 137 cm³/mol. The first-order valence-electron chi connectivity index (χ1n) is 13.7. The van der Waals surface area contributed by atoms with Crippen LogP contribution in [0, 0.1) is 45.3 Å². The van der Waals surface area contributed by atoms with Crippen molar-refractivity contribution in [1.82, 2.24) is 0 Å². The van der Waals surface area contributed by atoms with E-state index in [1.807, 2.05) is 13.0 Å². The van der Waals surface area contributed by atoms with Crippen molar-refractivity contribution in [2.75, 3.05) is 0 Å². The number of aliphatic hydroxyl groups is 1. The lowest BCUT2D eigenvalue weighted by Gasteiger charge is -2.61. The van der Waals surface area contributed by atoms with Gasteiger partial charge in [0.15, 0.2) is 0 Å². The molecule has 0 bridgehead atoms. The monoisotopic (exact) mass is 486 g/mol. The molecule has 4 rings (SSSR count). The van der Waals surface area contributed by atoms with Crippen LogP contribution in [-0.2, 0) is 9.59 Å². The summed E-state index contributed by atoms with van der Waals surface area (Å²) in [6.07, 6.45) is 10.5. The maximum Gasteiger partial charge on any atom is 0.330 e. The summed E-state index contributed by atoms with van der Waals surface area (Å²) in [5.41, 5.74) is 1.77. The fourth-order valence-corrected chi connectivity index (χ4v) is 10.2. The molecule has 4 fully saturated rings. The molecule has 0 unspecified atom stereocenters. The number of rotatable bonds is 9. The van der Waals surface area contributed by atoms with Crippen LogP contribution in [0.1, 0.15) is 98.8 Å². The van der Waals surface area contributed by atoms with E-state index in [0.717, 1.165) is 50.5 Å². The Hall–Kier alpha value is -1.62. The topological polar surface area (TPSA) is 94.8 Å². The van der Waals surface area contributed by atoms with Crippen molar-refractivity contribution >= 4 is 11.9 Å². The minimum Gasteiger partial charge on any atom is -0.481 e. The van der Waals surface area contributed by atoms with Gasteiger partial charge in [0.25, 0.3) is 0 Å². The van der Waals surface area contributed by atoms with Gasteiger partial charge in [0.1, 0.15) is 0 Å². The Morgan fingerprint density at radius 3 is 2.40 bits per heavy atom. The molecular weight excluding hydrogens is 440 g/mol. The Morgan fingerprint density at radius 2 is 1.80 bits per heavy atom. The van der Waals surface area contributed by atoms with Crippen molar-refractivity contribution < 1.29 is 24.9 Å². The van der Waals surface area contributed by atoms with Crippen LogP contribution in [0.4, 0.5) is 0 Å². The normalized spacial score (nSPS) is 45.1. The molecule has 0 heterocycles. The van der Waals surface area contributed by atoms with Gasteiger partial charge in [-0.3, -0.25) is 4.79 Å². The second-order valence-electron chi connectivity index (χ2n) is 13.3. The zero-order valence-electron chi connectivity index (χ0n) is 22.4. The summed E-state index contributed by atoms with van der Waals surface area (Å²) in [4.78, 5) is 22.7. The molecule has 4 aliphatic carbocycles. The van der Waals surface area contributed by atoms with E-state index in [-0.39, 0.29) is 34.0 Å². The molecule has 196 valence electrons. The second kappa shape index (κ2) is 8.75. The number of fused-ring (bicyclic) bond motifs is 2. The molecule has 5 nitrogen and oxygen atoms in total. The Bertz CT molecular complexity index is 937. The highest BCUT2D eigenvalue weighted by Gasteiger charge is 2.81. The van der Waals surface area contributed by atoms with Crippen LogP contribution in [0.2, 0.25) is 0 Å². The highest BCUT2D eigenvalue weighted by Crippen LogP contribution is 2.87. The highest BCUT2D eigenvalue weighted by atomic mass is 16.4. The summed E-state index contributed by atoms with van der Waals surface area (Å²) in [7, 11) is 0. The molecule has 3 N–H and O–H groups in total. The van der Waals surface area contributed by atoms with E-state index in [0.29, 0.717) is 29.7 Å². The number of carboxylic acids is 2. The number of aliphatic hydroxyl groups excluding tert-OH is 1. The van der Waals surface area contributed by atoms with Crippen LogP contribution in [0.3, 0.4) is 0 Å². The average molecular weight is 487 g/mol. The first kappa shape index (κ1) is 26.4. The molecule has 9 atom stereocenters. The third-order valence-corrected chi connectivity index (χ3v) is 12.0. The van der Waals surface area contributed by atoms with Crippen LogP contribution < -0.4 is 0 Å². The first-order chi connectivity index (χ1) is 16.3. The van der Waals surface area contributed by atoms with Gasteiger partial charge in [-0.2, -0.15) is 0 Å². The minimum absolute atomic E-state index is 0.00596. The average Bonchev–Trinajstić information content (AvgIpc) is 3.34. The Labute approximate surface area is 211 Å². The zero-order valence-corrected chi connectivity index (χ0v) is 22.4. The van der Waals surface area contributed by atoms with Crippen molar-refractivity contribution in [3.05, 3.63) is 23.8 Å². The van der Waals surface area contributed by atoms with E-state index in [1.54, 1.807) is 6.92 Å². The molecule has 35 heavy (non-hydrogen) atoms. The van der Waals surface area contributed by atoms with Crippen LogP contribution in [0.15, 0.2) is 23.8 Å². The Balaban J connectivity index is 1.60. The predicted octanol–water partition coefficient (Wildman–Crippen LogP) is 6.46. The number of carbonyl (C=O) groups is 2. The van der Waals surface area contributed by atoms with Gasteiger partial charge >= 0.3 is 11.9 Å². The molecule has 0 aromatic rings. The van der Waals surface area contributed by atoms with Crippen molar-refractivity contribution in [3.63, 3.8) is 0 Å². The first-order valence-corrected chi connectivity index (χ1v) is 13.7. The molecule has 5 heteroatoms. The number of allylic oxidation sites excluding steroid dienone is 1. The maximum absolute atomic E-state index is 11.6. The van der Waals surface area contributed by atoms with Crippen molar-refractivity contribution in [3.8, 4) is 0 Å². The van der Waals surface area contributed by atoms with Crippen LogP contribution in [-0.4, -0.2) is 33.4 Å². The molecule has 0 aromatic heterocycles. The summed E-state index contributed by atoms with van der Waals surface area (Å²) in [6.45, 7) is 15.2. The van der Waals surface area contributed by atoms with Gasteiger partial charge in [-0.05, 0) is 111 Å². The van der Waals surface area contributed by atoms with Crippen molar-refractivity contribution in [2.45, 2.75) is 105 Å². The number of aliphatic carboxylic acids is 2. The number of hydrogen-bond donors (Lipinski definition) is 3. The van der Waals surface area contributed by atoms with Gasteiger partial charge in [0, 0.05) is 17.9 Å². The van der Waals surface area contributed by atoms with Gasteiger partial charge < -0.3 is 15.3 Å². The van der Waals surface area contributed by atoms with Gasteiger partial charge in [0.2, 0.25) is 0 Å². The lowest BCUT2D eigenvalue weighted by Crippen LogP contribution is -2.57. The fourth-order valence-electron chi connectivity index (χ4n) is 10.2. The van der Waals surface area contributed by atoms with E-state index >= 15 is 0 Å². The molecule has 4 saturated carbocycles. The van der Waals surface area contributed by atoms with E-state index in [9.17, 15) is 19.8 Å². The highest BCUT2D eigenvalue weighted by molar-refractivity contribution is 5.85. The smallest absolute Gasteiger partial charge is 0.330 e. The molecule has 4 aliphatic rings. The molecule has 0 aliphatic heterocycles. The summed E-state index contributed by atoms with van der Waals surface area (Å²) >= 11 is 0. The molecule has 0 saturated heterocycles. The second-order valence-corrected chi connectivity index (χ2v) is 13.3. The summed E-state index contributed by atoms with van der Waals surface area (Å²) in [6, 6.07) is 0. The molecule has 0 amide bonds. The quantitative estimate of drug-likeness (QED) is 0.257. The van der Waals surface area contributed by atoms with E-state index < -0.39 is 18.0 Å². The Morgan fingerprint density at radius 1 is 1.11 bits per heavy atom. The van der Waals surface area contributed by atoms with Crippen molar-refractivity contribution in [1.29, 1.82) is 0 Å². The zero-order chi connectivity index (χ0) is 26.0. The van der Waals surface area contributed by atoms with Gasteiger partial charge in [-0.25, -0.2) is 4.79 Å². The summed E-state index contributed by atoms with van der Waals surface area (Å²) < 4.78 is 0.